The molecule has 0 amide bonds. The van der Waals surface area contributed by atoms with Gasteiger partial charge in [0.1, 0.15) is 0 Å². The molecule has 0 fully saturated rings. The zero-order valence-corrected chi connectivity index (χ0v) is 13.4. The first kappa shape index (κ1) is 15.8. The van der Waals surface area contributed by atoms with E-state index >= 15 is 0 Å². The average Bonchev–Trinajstić information content (AvgIpc) is 2.79. The van der Waals surface area contributed by atoms with E-state index in [9.17, 15) is 8.78 Å². The first-order chi connectivity index (χ1) is 11.1. The van der Waals surface area contributed by atoms with Crippen LogP contribution in [-0.2, 0) is 12.8 Å². The van der Waals surface area contributed by atoms with Gasteiger partial charge in [0.25, 0.3) is 0 Å². The predicted octanol–water partition coefficient (Wildman–Crippen LogP) is 4.64. The molecule has 1 aliphatic rings. The van der Waals surface area contributed by atoms with E-state index in [2.05, 4.69) is 0 Å². The summed E-state index contributed by atoms with van der Waals surface area (Å²) < 4.78 is 38.2. The summed E-state index contributed by atoms with van der Waals surface area (Å²) in [5.41, 5.74) is 2.79. The molecule has 0 N–H and O–H groups in total. The molecule has 0 aliphatic heterocycles. The van der Waals surface area contributed by atoms with E-state index in [0.717, 1.165) is 36.0 Å². The molecule has 1 aliphatic carbocycles. The summed E-state index contributed by atoms with van der Waals surface area (Å²) in [5.74, 6) is 0.181. The Labute approximate surface area is 135 Å². The Bertz CT molecular complexity index is 713. The predicted molar refractivity (Wildman–Crippen MR) is 85.3 cm³/mol. The van der Waals surface area contributed by atoms with Gasteiger partial charge in [-0.3, -0.25) is 0 Å². The second-order valence-electron chi connectivity index (χ2n) is 5.91. The van der Waals surface area contributed by atoms with E-state index in [0.29, 0.717) is 12.2 Å². The van der Waals surface area contributed by atoms with Crippen LogP contribution in [0, 0.1) is 11.6 Å². The molecule has 0 radical (unpaired) electrons. The molecular weight excluding hydrogens is 298 g/mol. The first-order valence-corrected chi connectivity index (χ1v) is 7.81. The van der Waals surface area contributed by atoms with Crippen molar-refractivity contribution >= 4 is 0 Å². The topological polar surface area (TPSA) is 18.5 Å². The molecule has 0 aromatic heterocycles. The van der Waals surface area contributed by atoms with Crippen molar-refractivity contribution in [3.05, 3.63) is 58.7 Å². The van der Waals surface area contributed by atoms with Crippen LogP contribution in [0.5, 0.6) is 11.5 Å². The minimum Gasteiger partial charge on any atom is -0.494 e. The summed E-state index contributed by atoms with van der Waals surface area (Å²) in [6.45, 7) is 0. The van der Waals surface area contributed by atoms with Gasteiger partial charge in [-0.1, -0.05) is 12.1 Å². The van der Waals surface area contributed by atoms with Crippen molar-refractivity contribution in [1.29, 1.82) is 0 Å². The summed E-state index contributed by atoms with van der Waals surface area (Å²) >= 11 is 0. The molecule has 1 unspecified atom stereocenters. The fraction of sp³-hybridized carbons (Fsp3) is 0.368. The third-order valence-corrected chi connectivity index (χ3v) is 4.62. The Kier molecular flexibility index (Phi) is 4.51. The van der Waals surface area contributed by atoms with Gasteiger partial charge in [0.15, 0.2) is 23.1 Å². The molecule has 2 nitrogen and oxygen atoms in total. The monoisotopic (exact) mass is 318 g/mol. The van der Waals surface area contributed by atoms with E-state index in [-0.39, 0.29) is 23.3 Å². The number of rotatable bonds is 3. The molecule has 0 bridgehead atoms. The molecule has 4 heteroatoms. The molecule has 3 rings (SSSR count). The summed E-state index contributed by atoms with van der Waals surface area (Å²) in [6, 6.07) is 8.62. The Hall–Kier alpha value is -2.10. The van der Waals surface area contributed by atoms with Gasteiger partial charge in [0.2, 0.25) is 0 Å². The number of benzene rings is 2. The molecule has 23 heavy (non-hydrogen) atoms. The van der Waals surface area contributed by atoms with Gasteiger partial charge in [-0.15, -0.1) is 0 Å². The maximum atomic E-state index is 14.4. The Morgan fingerprint density at radius 2 is 1.78 bits per heavy atom. The summed E-state index contributed by atoms with van der Waals surface area (Å²) in [6.07, 6.45) is 3.27. The van der Waals surface area contributed by atoms with Gasteiger partial charge in [0.05, 0.1) is 14.2 Å². The van der Waals surface area contributed by atoms with Crippen LogP contribution in [0.1, 0.15) is 35.4 Å². The van der Waals surface area contributed by atoms with E-state index in [1.165, 1.54) is 20.3 Å². The van der Waals surface area contributed by atoms with Crippen molar-refractivity contribution < 1.29 is 18.3 Å². The highest BCUT2D eigenvalue weighted by Gasteiger charge is 2.23. The number of ether oxygens (including phenoxy) is 2. The lowest BCUT2D eigenvalue weighted by Crippen LogP contribution is -2.04. The minimum absolute atomic E-state index is 0.235. The maximum Gasteiger partial charge on any atom is 0.168 e. The first-order valence-electron chi connectivity index (χ1n) is 7.81. The van der Waals surface area contributed by atoms with Crippen LogP contribution in [0.3, 0.4) is 0 Å². The number of halogens is 2. The van der Waals surface area contributed by atoms with Gasteiger partial charge in [-0.25, -0.2) is 8.78 Å². The lowest BCUT2D eigenvalue weighted by atomic mass is 9.89. The van der Waals surface area contributed by atoms with Crippen LogP contribution in [0.2, 0.25) is 0 Å². The SMILES string of the molecule is COc1cc(C2CCCc3c(ccc(OC)c3F)C2)ccc1F. The summed E-state index contributed by atoms with van der Waals surface area (Å²) in [5, 5.41) is 0. The highest BCUT2D eigenvalue weighted by Crippen LogP contribution is 2.36. The fourth-order valence-electron chi connectivity index (χ4n) is 3.37. The lowest BCUT2D eigenvalue weighted by molar-refractivity contribution is 0.383. The van der Waals surface area contributed by atoms with E-state index < -0.39 is 0 Å². The average molecular weight is 318 g/mol. The molecule has 0 saturated carbocycles. The molecule has 0 heterocycles. The van der Waals surface area contributed by atoms with Crippen LogP contribution in [0.25, 0.3) is 0 Å². The second kappa shape index (κ2) is 6.57. The standard InChI is InChI=1S/C19H20F2O2/c1-22-17-9-7-14-10-12(4-3-5-15(14)19(17)21)13-6-8-16(20)18(11-13)23-2/h6-9,11-12H,3-5,10H2,1-2H3. The van der Waals surface area contributed by atoms with Crippen LogP contribution in [-0.4, -0.2) is 14.2 Å². The van der Waals surface area contributed by atoms with E-state index in [4.69, 9.17) is 9.47 Å². The molecular formula is C19H20F2O2. The van der Waals surface area contributed by atoms with Gasteiger partial charge < -0.3 is 9.47 Å². The third-order valence-electron chi connectivity index (χ3n) is 4.62. The van der Waals surface area contributed by atoms with Crippen molar-refractivity contribution in [2.24, 2.45) is 0 Å². The number of hydrogen-bond acceptors (Lipinski definition) is 2. The van der Waals surface area contributed by atoms with Gasteiger partial charge in [-0.05, 0) is 66.5 Å². The zero-order valence-electron chi connectivity index (χ0n) is 13.4. The van der Waals surface area contributed by atoms with Crippen LogP contribution >= 0.6 is 0 Å². The van der Waals surface area contributed by atoms with Crippen LogP contribution in [0.15, 0.2) is 30.3 Å². The fourth-order valence-corrected chi connectivity index (χ4v) is 3.37. The van der Waals surface area contributed by atoms with Gasteiger partial charge in [0, 0.05) is 0 Å². The molecule has 0 saturated heterocycles. The summed E-state index contributed by atoms with van der Waals surface area (Å²) in [4.78, 5) is 0. The Morgan fingerprint density at radius 1 is 1.00 bits per heavy atom. The van der Waals surface area contributed by atoms with Crippen molar-refractivity contribution in [2.75, 3.05) is 14.2 Å². The number of methoxy groups -OCH3 is 2. The van der Waals surface area contributed by atoms with Gasteiger partial charge >= 0.3 is 0 Å². The van der Waals surface area contributed by atoms with Crippen molar-refractivity contribution in [1.82, 2.24) is 0 Å². The highest BCUT2D eigenvalue weighted by atomic mass is 19.1. The molecule has 2 aromatic rings. The molecule has 2 aromatic carbocycles. The minimum atomic E-state index is -0.360. The molecule has 1 atom stereocenters. The van der Waals surface area contributed by atoms with E-state index in [1.807, 2.05) is 6.07 Å². The largest absolute Gasteiger partial charge is 0.494 e. The normalized spacial score (nSPS) is 17.3. The van der Waals surface area contributed by atoms with Crippen molar-refractivity contribution in [3.8, 4) is 11.5 Å². The highest BCUT2D eigenvalue weighted by molar-refractivity contribution is 5.41. The zero-order chi connectivity index (χ0) is 16.4. The Balaban J connectivity index is 1.94. The lowest BCUT2D eigenvalue weighted by Gasteiger charge is -2.17. The van der Waals surface area contributed by atoms with Gasteiger partial charge in [-0.2, -0.15) is 0 Å². The Morgan fingerprint density at radius 3 is 2.52 bits per heavy atom. The summed E-state index contributed by atoms with van der Waals surface area (Å²) in [7, 11) is 2.95. The van der Waals surface area contributed by atoms with E-state index in [1.54, 1.807) is 18.2 Å². The van der Waals surface area contributed by atoms with Crippen molar-refractivity contribution in [3.63, 3.8) is 0 Å². The van der Waals surface area contributed by atoms with Crippen LogP contribution in [0.4, 0.5) is 8.78 Å². The molecule has 0 spiro atoms. The quantitative estimate of drug-likeness (QED) is 0.767. The van der Waals surface area contributed by atoms with Crippen LogP contribution < -0.4 is 9.47 Å². The number of fused-ring (bicyclic) bond motifs is 1. The van der Waals surface area contributed by atoms with Crippen molar-refractivity contribution in [2.45, 2.75) is 31.6 Å². The number of hydrogen-bond donors (Lipinski definition) is 0. The third kappa shape index (κ3) is 3.03. The second-order valence-corrected chi connectivity index (χ2v) is 5.91. The smallest absolute Gasteiger partial charge is 0.168 e. The molecule has 122 valence electrons. The maximum absolute atomic E-state index is 14.4.